The van der Waals surface area contributed by atoms with Crippen LogP contribution in [0.4, 0.5) is 0 Å². The van der Waals surface area contributed by atoms with Crippen LogP contribution in [0.25, 0.3) is 89.2 Å². The maximum absolute atomic E-state index is 6.06. The number of aryl methyl sites for hydroxylation is 8. The summed E-state index contributed by atoms with van der Waals surface area (Å²) in [6.07, 6.45) is 47.3. The van der Waals surface area contributed by atoms with Gasteiger partial charge in [-0.05, 0) is 159 Å². The zero-order chi connectivity index (χ0) is 61.5. The van der Waals surface area contributed by atoms with Crippen molar-refractivity contribution in [2.45, 2.75) is 312 Å². The van der Waals surface area contributed by atoms with Gasteiger partial charge in [-0.15, -0.1) is 0 Å². The second-order valence-corrected chi connectivity index (χ2v) is 26.9. The Balaban J connectivity index is 1.48. The molecule has 0 atom stereocenters. The Morgan fingerprint density at radius 1 is 0.239 bits per heavy atom. The summed E-state index contributed by atoms with van der Waals surface area (Å²) in [5.74, 6) is 1.71. The largest absolute Gasteiger partial charge is 0.354 e. The zero-order valence-corrected chi connectivity index (χ0v) is 56.8. The third-order valence-electron chi connectivity index (χ3n) is 19.8. The van der Waals surface area contributed by atoms with Crippen molar-refractivity contribution in [3.8, 4) is 45.3 Å². The monoisotopic (exact) mass is 1180 g/mol. The highest BCUT2D eigenvalue weighted by Crippen LogP contribution is 2.46. The molecule has 6 heteroatoms. The average molecular weight is 1190 g/mol. The summed E-state index contributed by atoms with van der Waals surface area (Å²) in [5, 5.41) is 5.25. The molecule has 6 nitrogen and oxygen atoms in total. The van der Waals surface area contributed by atoms with E-state index in [1.807, 2.05) is 0 Å². The molecule has 2 aliphatic rings. The van der Waals surface area contributed by atoms with E-state index in [2.05, 4.69) is 126 Å². The predicted octanol–water partition coefficient (Wildman–Crippen LogP) is 25.1. The fourth-order valence-electron chi connectivity index (χ4n) is 14.8. The number of rotatable bonds is 40. The lowest BCUT2D eigenvalue weighted by Crippen LogP contribution is -1.97. The van der Waals surface area contributed by atoms with Gasteiger partial charge in [-0.1, -0.05) is 258 Å². The molecule has 2 aliphatic heterocycles. The lowest BCUT2D eigenvalue weighted by atomic mass is 9.89. The number of aromatic amines is 2. The fourth-order valence-corrected chi connectivity index (χ4v) is 14.8. The van der Waals surface area contributed by atoms with Crippen LogP contribution in [-0.2, 0) is 51.4 Å². The van der Waals surface area contributed by atoms with Crippen molar-refractivity contribution in [3.05, 3.63) is 105 Å². The lowest BCUT2D eigenvalue weighted by molar-refractivity contribution is 0.664. The number of nitrogens with one attached hydrogen (secondary N) is 2. The summed E-state index contributed by atoms with van der Waals surface area (Å²) in [6.45, 7) is 18.7. The van der Waals surface area contributed by atoms with E-state index in [0.29, 0.717) is 0 Å². The highest BCUT2D eigenvalue weighted by Gasteiger charge is 2.29. The van der Waals surface area contributed by atoms with Crippen molar-refractivity contribution < 1.29 is 0 Å². The summed E-state index contributed by atoms with van der Waals surface area (Å²) in [5.41, 5.74) is 22.7. The van der Waals surface area contributed by atoms with Crippen LogP contribution in [0.3, 0.4) is 0 Å². The van der Waals surface area contributed by atoms with Gasteiger partial charge in [0.2, 0.25) is 0 Å². The van der Waals surface area contributed by atoms with E-state index in [-0.39, 0.29) is 0 Å². The SMILES string of the molecule is CCCCCCc1ccc(CCCCCC)c2c1-c1cc3[nH]c(cc4nc(nc5[nH]c(nc-2n1)c1c(CCCCCC)ccc(CCCCCC)c51)-c1c(CCCCCC)ccc(CCCCCC)c1-4)c1c(CCCCCC)ccc(CCCCCC)c31. The normalized spacial score (nSPS) is 12.1. The van der Waals surface area contributed by atoms with Gasteiger partial charge in [0.25, 0.3) is 0 Å². The minimum Gasteiger partial charge on any atom is -0.354 e. The highest BCUT2D eigenvalue weighted by molar-refractivity contribution is 6.12. The minimum absolute atomic E-state index is 0.856. The predicted molar refractivity (Wildman–Crippen MR) is 383 cm³/mol. The van der Waals surface area contributed by atoms with Crippen molar-refractivity contribution in [2.24, 2.45) is 0 Å². The van der Waals surface area contributed by atoms with Crippen molar-refractivity contribution in [2.75, 3.05) is 0 Å². The Labute approximate surface area is 533 Å². The number of unbranched alkanes of at least 4 members (excludes halogenated alkanes) is 24. The summed E-state index contributed by atoms with van der Waals surface area (Å²) in [4.78, 5) is 32.5. The lowest BCUT2D eigenvalue weighted by Gasteiger charge is -2.14. The van der Waals surface area contributed by atoms with Gasteiger partial charge in [0.15, 0.2) is 11.6 Å². The van der Waals surface area contributed by atoms with Gasteiger partial charge >= 0.3 is 0 Å². The maximum atomic E-state index is 6.06. The third-order valence-corrected chi connectivity index (χ3v) is 19.8. The number of benzene rings is 4. The van der Waals surface area contributed by atoms with Gasteiger partial charge in [0.1, 0.15) is 11.3 Å². The molecule has 0 amide bonds. The van der Waals surface area contributed by atoms with E-state index in [0.717, 1.165) is 111 Å². The van der Waals surface area contributed by atoms with Gasteiger partial charge < -0.3 is 9.97 Å². The Hall–Kier alpha value is -5.62. The Morgan fingerprint density at radius 3 is 0.750 bits per heavy atom. The van der Waals surface area contributed by atoms with Gasteiger partial charge in [0.05, 0.1) is 11.4 Å². The zero-order valence-electron chi connectivity index (χ0n) is 56.8. The number of H-pyrrole nitrogens is 2. The van der Waals surface area contributed by atoms with Crippen LogP contribution in [0.5, 0.6) is 0 Å². The van der Waals surface area contributed by atoms with Crippen LogP contribution in [0.1, 0.15) is 305 Å². The van der Waals surface area contributed by atoms with E-state index in [1.54, 1.807) is 0 Å². The molecule has 9 rings (SSSR count). The molecule has 0 unspecified atom stereocenters. The molecule has 0 aliphatic carbocycles. The molecule has 0 spiro atoms. The quantitative estimate of drug-likeness (QED) is 0.0375. The van der Waals surface area contributed by atoms with E-state index in [1.165, 1.54) is 279 Å². The summed E-state index contributed by atoms with van der Waals surface area (Å²) < 4.78 is 0. The van der Waals surface area contributed by atoms with Crippen LogP contribution >= 0.6 is 0 Å². The number of hydrogen-bond acceptors (Lipinski definition) is 4. The molecule has 2 N–H and O–H groups in total. The molecule has 8 bridgehead atoms. The molecule has 0 saturated carbocycles. The van der Waals surface area contributed by atoms with Crippen molar-refractivity contribution in [1.29, 1.82) is 0 Å². The molecule has 0 saturated heterocycles. The molecule has 3 aromatic heterocycles. The number of fused-ring (bicyclic) bond motifs is 20. The Morgan fingerprint density at radius 2 is 0.477 bits per heavy atom. The number of aromatic nitrogens is 6. The van der Waals surface area contributed by atoms with E-state index in [4.69, 9.17) is 19.9 Å². The fraction of sp³-hybridized carbons (Fsp3) is 0.585. The van der Waals surface area contributed by atoms with Crippen LogP contribution in [-0.4, -0.2) is 29.9 Å². The number of hydrogen-bond donors (Lipinski definition) is 2. The molecular weight excluding hydrogens is 1070 g/mol. The van der Waals surface area contributed by atoms with Crippen LogP contribution in [0, 0.1) is 0 Å². The standard InChI is InChI=1S/C82H116N6/c1-9-17-25-33-41-59-49-50-60(42-34-26-18-10-2)72-68-58-70-74-62(44-36-28-20-12-4)52-54-64(46-38-30-22-14-6)76(74)80(85-70)87-82-78-66(48-40-32-24-16-8)56-55-65(47-39-31-23-15-7)77(78)81(88-82)86-79-75-63(45-37-29-21-13-5)53-51-61(43-35-27-19-11-3)73(75)69(84-79)57-67(83-68)71(59)72/h49-58,83H,9-48H2,1-8H3,(H,84,85,86,87,88). The van der Waals surface area contributed by atoms with Gasteiger partial charge in [-0.25, -0.2) is 19.9 Å². The van der Waals surface area contributed by atoms with Gasteiger partial charge in [-0.2, -0.15) is 0 Å². The average Bonchev–Trinajstić information content (AvgIpc) is 1.84. The molecule has 4 aromatic carbocycles. The molecule has 7 aromatic rings. The van der Waals surface area contributed by atoms with Crippen LogP contribution in [0.15, 0.2) is 60.7 Å². The second kappa shape index (κ2) is 35.1. The summed E-state index contributed by atoms with van der Waals surface area (Å²) in [7, 11) is 0. The molecule has 0 radical (unpaired) electrons. The first kappa shape index (κ1) is 66.8. The van der Waals surface area contributed by atoms with Crippen molar-refractivity contribution in [3.63, 3.8) is 0 Å². The Bertz CT molecular complexity index is 3050. The number of nitrogens with zero attached hydrogens (tertiary/aromatic N) is 4. The molecule has 88 heavy (non-hydrogen) atoms. The first-order valence-electron chi connectivity index (χ1n) is 37.1. The van der Waals surface area contributed by atoms with E-state index >= 15 is 0 Å². The van der Waals surface area contributed by atoms with Crippen molar-refractivity contribution >= 4 is 43.9 Å². The highest BCUT2D eigenvalue weighted by atomic mass is 15.0. The van der Waals surface area contributed by atoms with Gasteiger partial charge in [-0.3, -0.25) is 0 Å². The van der Waals surface area contributed by atoms with Crippen LogP contribution in [0.2, 0.25) is 0 Å². The minimum atomic E-state index is 0.856. The maximum Gasteiger partial charge on any atom is 0.163 e. The first-order chi connectivity index (χ1) is 43.4. The Kier molecular flexibility index (Phi) is 26.6. The second-order valence-electron chi connectivity index (χ2n) is 26.9. The third kappa shape index (κ3) is 16.7. The topological polar surface area (TPSA) is 83.1 Å². The molecule has 0 fully saturated rings. The van der Waals surface area contributed by atoms with Gasteiger partial charge in [0, 0.05) is 54.8 Å². The smallest absolute Gasteiger partial charge is 0.163 e. The van der Waals surface area contributed by atoms with Crippen molar-refractivity contribution in [1.82, 2.24) is 29.9 Å². The summed E-state index contributed by atoms with van der Waals surface area (Å²) in [6, 6.07) is 24.9. The van der Waals surface area contributed by atoms with E-state index < -0.39 is 0 Å². The van der Waals surface area contributed by atoms with Crippen LogP contribution < -0.4 is 0 Å². The molecule has 474 valence electrons. The first-order valence-corrected chi connectivity index (χ1v) is 37.1. The molecular formula is C82H116N6. The summed E-state index contributed by atoms with van der Waals surface area (Å²) >= 11 is 0. The molecule has 5 heterocycles. The van der Waals surface area contributed by atoms with E-state index in [9.17, 15) is 0 Å².